The van der Waals surface area contributed by atoms with E-state index in [-0.39, 0.29) is 30.8 Å². The molecule has 1 fully saturated rings. The van der Waals surface area contributed by atoms with Crippen molar-refractivity contribution in [3.63, 3.8) is 0 Å². The van der Waals surface area contributed by atoms with E-state index >= 15 is 0 Å². The molecule has 0 bridgehead atoms. The standard InChI is InChI=1S/C17H21NO4/c1-13(19)7-5-6-10-16(20)18-15(12-22-17(18)21)11-14-8-3-2-4-9-14/h2-4,8-9,15H,5-7,10-12H2,1H3. The van der Waals surface area contributed by atoms with Crippen molar-refractivity contribution in [2.45, 2.75) is 45.1 Å². The Bertz CT molecular complexity index is 541. The first-order valence-corrected chi connectivity index (χ1v) is 7.60. The van der Waals surface area contributed by atoms with E-state index in [9.17, 15) is 14.4 Å². The second kappa shape index (κ2) is 7.73. The lowest BCUT2D eigenvalue weighted by Crippen LogP contribution is -2.40. The molecule has 0 spiro atoms. The van der Waals surface area contributed by atoms with Gasteiger partial charge in [-0.15, -0.1) is 0 Å². The van der Waals surface area contributed by atoms with Crippen LogP contribution < -0.4 is 0 Å². The largest absolute Gasteiger partial charge is 0.447 e. The van der Waals surface area contributed by atoms with Gasteiger partial charge >= 0.3 is 6.09 Å². The van der Waals surface area contributed by atoms with E-state index in [0.717, 1.165) is 5.56 Å². The van der Waals surface area contributed by atoms with Gasteiger partial charge in [-0.1, -0.05) is 30.3 Å². The maximum Gasteiger partial charge on any atom is 0.416 e. The minimum Gasteiger partial charge on any atom is -0.447 e. The molecule has 1 aliphatic rings. The van der Waals surface area contributed by atoms with E-state index in [0.29, 0.717) is 25.7 Å². The zero-order valence-corrected chi connectivity index (χ0v) is 12.8. The maximum absolute atomic E-state index is 12.2. The molecule has 2 amide bonds. The second-order valence-corrected chi connectivity index (χ2v) is 5.59. The minimum absolute atomic E-state index is 0.120. The van der Waals surface area contributed by atoms with E-state index < -0.39 is 6.09 Å². The summed E-state index contributed by atoms with van der Waals surface area (Å²) in [6.45, 7) is 1.78. The van der Waals surface area contributed by atoms with Crippen LogP contribution in [0.5, 0.6) is 0 Å². The highest BCUT2D eigenvalue weighted by atomic mass is 16.6. The molecule has 22 heavy (non-hydrogen) atoms. The normalized spacial score (nSPS) is 17.4. The molecule has 0 radical (unpaired) electrons. The molecule has 1 heterocycles. The van der Waals surface area contributed by atoms with Gasteiger partial charge in [0.1, 0.15) is 12.4 Å². The van der Waals surface area contributed by atoms with Gasteiger partial charge in [0, 0.05) is 12.8 Å². The van der Waals surface area contributed by atoms with Gasteiger partial charge in [0.2, 0.25) is 5.91 Å². The average molecular weight is 303 g/mol. The summed E-state index contributed by atoms with van der Waals surface area (Å²) >= 11 is 0. The van der Waals surface area contributed by atoms with Crippen LogP contribution in [-0.2, 0) is 20.7 Å². The number of carbonyl (C=O) groups excluding carboxylic acids is 3. The van der Waals surface area contributed by atoms with E-state index in [1.54, 1.807) is 0 Å². The molecule has 2 rings (SSSR count). The summed E-state index contributed by atoms with van der Waals surface area (Å²) < 4.78 is 5.03. The number of cyclic esters (lactones) is 1. The number of hydrogen-bond donors (Lipinski definition) is 0. The molecule has 1 atom stereocenters. The Labute approximate surface area is 130 Å². The van der Waals surface area contributed by atoms with Gasteiger partial charge in [0.25, 0.3) is 0 Å². The fraction of sp³-hybridized carbons (Fsp3) is 0.471. The maximum atomic E-state index is 12.2. The summed E-state index contributed by atoms with van der Waals surface area (Å²) in [6.07, 6.45) is 2.08. The first-order valence-electron chi connectivity index (χ1n) is 7.60. The third-order valence-corrected chi connectivity index (χ3v) is 3.71. The Morgan fingerprint density at radius 3 is 2.55 bits per heavy atom. The van der Waals surface area contributed by atoms with Crippen molar-refractivity contribution in [3.05, 3.63) is 35.9 Å². The monoisotopic (exact) mass is 303 g/mol. The van der Waals surface area contributed by atoms with Crippen LogP contribution in [-0.4, -0.2) is 35.3 Å². The van der Waals surface area contributed by atoms with Crippen LogP contribution in [0.3, 0.4) is 0 Å². The first kappa shape index (κ1) is 16.2. The predicted octanol–water partition coefficient (Wildman–Crippen LogP) is 2.73. The van der Waals surface area contributed by atoms with Gasteiger partial charge < -0.3 is 9.53 Å². The molecule has 1 saturated heterocycles. The fourth-order valence-corrected chi connectivity index (χ4v) is 2.57. The summed E-state index contributed by atoms with van der Waals surface area (Å²) in [5.41, 5.74) is 1.07. The van der Waals surface area contributed by atoms with Crippen LogP contribution in [0.4, 0.5) is 4.79 Å². The smallest absolute Gasteiger partial charge is 0.416 e. The third-order valence-electron chi connectivity index (χ3n) is 3.71. The average Bonchev–Trinajstić information content (AvgIpc) is 2.85. The van der Waals surface area contributed by atoms with Crippen LogP contribution >= 0.6 is 0 Å². The van der Waals surface area contributed by atoms with Crippen LogP contribution in [0, 0.1) is 0 Å². The van der Waals surface area contributed by atoms with Crippen LogP contribution in [0.2, 0.25) is 0 Å². The van der Waals surface area contributed by atoms with Crippen LogP contribution in [0.15, 0.2) is 30.3 Å². The number of ketones is 1. The summed E-state index contributed by atoms with van der Waals surface area (Å²) in [4.78, 5) is 36.1. The van der Waals surface area contributed by atoms with Crippen molar-refractivity contribution in [1.29, 1.82) is 0 Å². The number of ether oxygens (including phenoxy) is 1. The number of rotatable bonds is 7. The van der Waals surface area contributed by atoms with Gasteiger partial charge in [0.05, 0.1) is 6.04 Å². The second-order valence-electron chi connectivity index (χ2n) is 5.59. The van der Waals surface area contributed by atoms with Crippen molar-refractivity contribution >= 4 is 17.8 Å². The topological polar surface area (TPSA) is 63.7 Å². The van der Waals surface area contributed by atoms with Gasteiger partial charge in [-0.05, 0) is 31.7 Å². The minimum atomic E-state index is -0.558. The lowest BCUT2D eigenvalue weighted by atomic mass is 10.1. The predicted molar refractivity (Wildman–Crippen MR) is 81.3 cm³/mol. The summed E-state index contributed by atoms with van der Waals surface area (Å²) in [6, 6.07) is 9.49. The number of unbranched alkanes of at least 4 members (excludes halogenated alkanes) is 1. The number of Topliss-reactive ketones (excluding diaryl/α,β-unsaturated/α-hetero) is 1. The Kier molecular flexibility index (Phi) is 5.69. The molecule has 118 valence electrons. The van der Waals surface area contributed by atoms with E-state index in [1.807, 2.05) is 30.3 Å². The molecular weight excluding hydrogens is 282 g/mol. The van der Waals surface area contributed by atoms with E-state index in [4.69, 9.17) is 4.74 Å². The number of carbonyl (C=O) groups is 3. The van der Waals surface area contributed by atoms with Gasteiger partial charge in [0.15, 0.2) is 0 Å². The van der Waals surface area contributed by atoms with Crippen molar-refractivity contribution < 1.29 is 19.1 Å². The highest BCUT2D eigenvalue weighted by Crippen LogP contribution is 2.19. The van der Waals surface area contributed by atoms with Gasteiger partial charge in [-0.2, -0.15) is 0 Å². The number of amides is 2. The molecule has 1 aromatic rings. The zero-order chi connectivity index (χ0) is 15.9. The third kappa shape index (κ3) is 4.41. The summed E-state index contributed by atoms with van der Waals surface area (Å²) in [5, 5.41) is 0. The highest BCUT2D eigenvalue weighted by molar-refractivity contribution is 5.93. The fourth-order valence-electron chi connectivity index (χ4n) is 2.57. The number of imide groups is 1. The first-order chi connectivity index (χ1) is 10.6. The van der Waals surface area contributed by atoms with Crippen molar-refractivity contribution in [2.75, 3.05) is 6.61 Å². The van der Waals surface area contributed by atoms with E-state index in [1.165, 1.54) is 11.8 Å². The van der Waals surface area contributed by atoms with Crippen molar-refractivity contribution in [2.24, 2.45) is 0 Å². The zero-order valence-electron chi connectivity index (χ0n) is 12.8. The van der Waals surface area contributed by atoms with Crippen LogP contribution in [0.25, 0.3) is 0 Å². The quantitative estimate of drug-likeness (QED) is 0.727. The molecule has 1 unspecified atom stereocenters. The Hall–Kier alpha value is -2.17. The number of hydrogen-bond acceptors (Lipinski definition) is 4. The molecule has 0 aliphatic carbocycles. The molecule has 0 N–H and O–H groups in total. The number of nitrogens with zero attached hydrogens (tertiary/aromatic N) is 1. The summed E-state index contributed by atoms with van der Waals surface area (Å²) in [5.74, 6) is -0.0954. The Morgan fingerprint density at radius 1 is 1.18 bits per heavy atom. The lowest BCUT2D eigenvalue weighted by Gasteiger charge is -2.19. The Balaban J connectivity index is 1.90. The molecular formula is C17H21NO4. The Morgan fingerprint density at radius 2 is 1.86 bits per heavy atom. The molecule has 1 aromatic carbocycles. The number of benzene rings is 1. The van der Waals surface area contributed by atoms with Gasteiger partial charge in [-0.3, -0.25) is 4.79 Å². The van der Waals surface area contributed by atoms with Crippen LogP contribution in [0.1, 0.15) is 38.2 Å². The van der Waals surface area contributed by atoms with Crippen molar-refractivity contribution in [3.8, 4) is 0 Å². The summed E-state index contributed by atoms with van der Waals surface area (Å²) in [7, 11) is 0. The van der Waals surface area contributed by atoms with E-state index in [2.05, 4.69) is 0 Å². The molecule has 5 nitrogen and oxygen atoms in total. The molecule has 0 saturated carbocycles. The molecule has 5 heteroatoms. The van der Waals surface area contributed by atoms with Gasteiger partial charge in [-0.25, -0.2) is 9.69 Å². The lowest BCUT2D eigenvalue weighted by molar-refractivity contribution is -0.129. The molecule has 0 aromatic heterocycles. The SMILES string of the molecule is CC(=O)CCCCC(=O)N1C(=O)OCC1Cc1ccccc1. The molecule has 1 aliphatic heterocycles. The van der Waals surface area contributed by atoms with Crippen molar-refractivity contribution in [1.82, 2.24) is 4.90 Å². The highest BCUT2D eigenvalue weighted by Gasteiger charge is 2.37.